The number of carbonyl (C=O) groups excluding carboxylic acids is 1. The van der Waals surface area contributed by atoms with Crippen molar-refractivity contribution in [3.63, 3.8) is 0 Å². The molecule has 0 saturated carbocycles. The predicted octanol–water partition coefficient (Wildman–Crippen LogP) is 4.31. The second-order valence-electron chi connectivity index (χ2n) is 5.59. The summed E-state index contributed by atoms with van der Waals surface area (Å²) in [4.78, 5) is 14.3. The Balaban J connectivity index is 2.22. The van der Waals surface area contributed by atoms with Crippen molar-refractivity contribution in [1.82, 2.24) is 5.32 Å². The average molecular weight is 414 g/mol. The molecule has 1 amide bonds. The van der Waals surface area contributed by atoms with E-state index in [-0.39, 0.29) is 5.57 Å². The van der Waals surface area contributed by atoms with Crippen molar-refractivity contribution >= 4 is 40.2 Å². The fraction of sp³-hybridized carbons (Fsp3) is 0.158. The third-order valence-corrected chi connectivity index (χ3v) is 5.05. The van der Waals surface area contributed by atoms with Crippen LogP contribution in [0.15, 0.2) is 63.6 Å². The first-order chi connectivity index (χ1) is 12.1. The number of hydrogen-bond acceptors (Lipinski definition) is 4. The number of hydrogen-bond donors (Lipinski definition) is 2. The Morgan fingerprint density at radius 2 is 2.04 bits per heavy atom. The van der Waals surface area contributed by atoms with Gasteiger partial charge in [-0.15, -0.1) is 12.6 Å². The Bertz CT molecular complexity index is 904. The normalized spacial score (nSPS) is 17.3. The van der Waals surface area contributed by atoms with Crippen LogP contribution in [0.3, 0.4) is 0 Å². The van der Waals surface area contributed by atoms with Gasteiger partial charge in [0.2, 0.25) is 0 Å². The van der Waals surface area contributed by atoms with Crippen LogP contribution in [0.25, 0.3) is 0 Å². The molecule has 0 spiro atoms. The van der Waals surface area contributed by atoms with Crippen LogP contribution in [0.1, 0.15) is 24.2 Å². The van der Waals surface area contributed by atoms with Gasteiger partial charge in [0.1, 0.15) is 17.8 Å². The SMILES string of the molecule is CCc1ccccc1N1C(S)=C(C#N)C(=O)NC1c1cccc(Br)c1. The molecular weight excluding hydrogens is 398 g/mol. The van der Waals surface area contributed by atoms with Gasteiger partial charge in [-0.05, 0) is 35.7 Å². The molecule has 1 atom stereocenters. The lowest BCUT2D eigenvalue weighted by Crippen LogP contribution is -2.46. The lowest BCUT2D eigenvalue weighted by molar-refractivity contribution is -0.118. The molecule has 0 radical (unpaired) electrons. The minimum absolute atomic E-state index is 0.0143. The molecule has 0 bridgehead atoms. The van der Waals surface area contributed by atoms with E-state index in [0.29, 0.717) is 5.03 Å². The monoisotopic (exact) mass is 413 g/mol. The molecule has 2 aromatic rings. The lowest BCUT2D eigenvalue weighted by atomic mass is 10.0. The van der Waals surface area contributed by atoms with E-state index >= 15 is 0 Å². The standard InChI is InChI=1S/C19H16BrN3OS/c1-2-12-6-3-4-9-16(12)23-17(13-7-5-8-14(20)10-13)22-18(24)15(11-21)19(23)25/h3-10,17,25H,2H2,1H3,(H,22,24). The van der Waals surface area contributed by atoms with E-state index in [1.54, 1.807) is 0 Å². The van der Waals surface area contributed by atoms with Gasteiger partial charge in [0, 0.05) is 10.2 Å². The van der Waals surface area contributed by atoms with Crippen molar-refractivity contribution in [2.75, 3.05) is 4.90 Å². The number of amides is 1. The molecular formula is C19H16BrN3OS. The number of anilines is 1. The van der Waals surface area contributed by atoms with Gasteiger partial charge in [0.25, 0.3) is 5.91 Å². The summed E-state index contributed by atoms with van der Waals surface area (Å²) in [5.41, 5.74) is 2.95. The average Bonchev–Trinajstić information content (AvgIpc) is 2.61. The molecule has 0 saturated heterocycles. The maximum absolute atomic E-state index is 12.4. The Kier molecular flexibility index (Phi) is 5.16. The maximum atomic E-state index is 12.4. The summed E-state index contributed by atoms with van der Waals surface area (Å²) in [5.74, 6) is -0.414. The zero-order valence-electron chi connectivity index (χ0n) is 13.5. The molecule has 3 rings (SSSR count). The molecule has 1 heterocycles. The lowest BCUT2D eigenvalue weighted by Gasteiger charge is -2.39. The summed E-state index contributed by atoms with van der Waals surface area (Å²) in [6.07, 6.45) is 0.386. The van der Waals surface area contributed by atoms with Gasteiger partial charge >= 0.3 is 0 Å². The zero-order chi connectivity index (χ0) is 18.0. The third kappa shape index (κ3) is 3.30. The van der Waals surface area contributed by atoms with E-state index in [4.69, 9.17) is 0 Å². The van der Waals surface area contributed by atoms with Gasteiger partial charge in [0.15, 0.2) is 0 Å². The second-order valence-corrected chi connectivity index (χ2v) is 6.93. The number of nitriles is 1. The van der Waals surface area contributed by atoms with Gasteiger partial charge < -0.3 is 10.2 Å². The van der Waals surface area contributed by atoms with E-state index in [2.05, 4.69) is 40.8 Å². The van der Waals surface area contributed by atoms with E-state index < -0.39 is 12.1 Å². The maximum Gasteiger partial charge on any atom is 0.266 e. The summed E-state index contributed by atoms with van der Waals surface area (Å²) >= 11 is 8.01. The van der Waals surface area contributed by atoms with Crippen molar-refractivity contribution in [3.8, 4) is 6.07 Å². The Labute approximate surface area is 160 Å². The summed E-state index contributed by atoms with van der Waals surface area (Å²) in [6.45, 7) is 2.07. The van der Waals surface area contributed by atoms with Crippen LogP contribution in [0.4, 0.5) is 5.69 Å². The fourth-order valence-electron chi connectivity index (χ4n) is 2.91. The first-order valence-corrected chi connectivity index (χ1v) is 9.07. The van der Waals surface area contributed by atoms with E-state index in [1.807, 2.05) is 59.5 Å². The molecule has 0 fully saturated rings. The highest BCUT2D eigenvalue weighted by Crippen LogP contribution is 2.38. The van der Waals surface area contributed by atoms with E-state index in [9.17, 15) is 10.1 Å². The minimum Gasteiger partial charge on any atom is -0.327 e. The van der Waals surface area contributed by atoms with Crippen molar-refractivity contribution in [2.24, 2.45) is 0 Å². The molecule has 126 valence electrons. The minimum atomic E-state index is -0.442. The van der Waals surface area contributed by atoms with E-state index in [1.165, 1.54) is 0 Å². The number of para-hydroxylation sites is 1. The molecule has 2 aromatic carbocycles. The molecule has 4 nitrogen and oxygen atoms in total. The molecule has 1 N–H and O–H groups in total. The zero-order valence-corrected chi connectivity index (χ0v) is 16.0. The van der Waals surface area contributed by atoms with E-state index in [0.717, 1.165) is 27.7 Å². The predicted molar refractivity (Wildman–Crippen MR) is 105 cm³/mol. The Morgan fingerprint density at radius 1 is 1.28 bits per heavy atom. The van der Waals surface area contributed by atoms with Crippen molar-refractivity contribution in [1.29, 1.82) is 5.26 Å². The number of rotatable bonds is 3. The van der Waals surface area contributed by atoms with Crippen molar-refractivity contribution in [2.45, 2.75) is 19.5 Å². The van der Waals surface area contributed by atoms with Gasteiger partial charge in [0.05, 0.1) is 5.03 Å². The molecule has 25 heavy (non-hydrogen) atoms. The van der Waals surface area contributed by atoms with Crippen LogP contribution in [-0.2, 0) is 11.2 Å². The van der Waals surface area contributed by atoms with Crippen LogP contribution < -0.4 is 10.2 Å². The Morgan fingerprint density at radius 3 is 2.72 bits per heavy atom. The highest BCUT2D eigenvalue weighted by atomic mass is 79.9. The Hall–Kier alpha value is -2.23. The largest absolute Gasteiger partial charge is 0.327 e. The van der Waals surface area contributed by atoms with Gasteiger partial charge in [-0.25, -0.2) is 0 Å². The number of nitrogens with zero attached hydrogens (tertiary/aromatic N) is 2. The van der Waals surface area contributed by atoms with Crippen LogP contribution >= 0.6 is 28.6 Å². The van der Waals surface area contributed by atoms with Crippen molar-refractivity contribution in [3.05, 3.63) is 74.7 Å². The van der Waals surface area contributed by atoms with Crippen LogP contribution in [0, 0.1) is 11.3 Å². The van der Waals surface area contributed by atoms with Crippen LogP contribution in [0.2, 0.25) is 0 Å². The summed E-state index contributed by atoms with van der Waals surface area (Å²) < 4.78 is 0.916. The highest BCUT2D eigenvalue weighted by Gasteiger charge is 2.34. The van der Waals surface area contributed by atoms with Gasteiger partial charge in [-0.3, -0.25) is 4.79 Å². The van der Waals surface area contributed by atoms with Crippen molar-refractivity contribution < 1.29 is 4.79 Å². The summed E-state index contributed by atoms with van der Waals surface area (Å²) in [6, 6.07) is 17.6. The number of halogens is 1. The molecule has 0 aliphatic carbocycles. The van der Waals surface area contributed by atoms with Gasteiger partial charge in [-0.2, -0.15) is 5.26 Å². The molecule has 1 unspecified atom stereocenters. The summed E-state index contributed by atoms with van der Waals surface area (Å²) in [7, 11) is 0. The quantitative estimate of drug-likeness (QED) is 0.736. The number of thiol groups is 1. The molecule has 6 heteroatoms. The molecule has 0 aromatic heterocycles. The topological polar surface area (TPSA) is 56.1 Å². The number of aryl methyl sites for hydroxylation is 1. The second kappa shape index (κ2) is 7.34. The van der Waals surface area contributed by atoms with Crippen LogP contribution in [-0.4, -0.2) is 5.91 Å². The summed E-state index contributed by atoms with van der Waals surface area (Å²) in [5, 5.41) is 12.7. The van der Waals surface area contributed by atoms with Gasteiger partial charge in [-0.1, -0.05) is 53.2 Å². The van der Waals surface area contributed by atoms with Crippen LogP contribution in [0.5, 0.6) is 0 Å². The number of nitrogens with one attached hydrogen (secondary N) is 1. The highest BCUT2D eigenvalue weighted by molar-refractivity contribution is 9.10. The number of benzene rings is 2. The molecule has 1 aliphatic heterocycles. The molecule has 1 aliphatic rings. The fourth-order valence-corrected chi connectivity index (χ4v) is 3.70. The first-order valence-electron chi connectivity index (χ1n) is 7.83. The first kappa shape index (κ1) is 17.6. The third-order valence-electron chi connectivity index (χ3n) is 4.11. The number of carbonyl (C=O) groups is 1. The smallest absolute Gasteiger partial charge is 0.266 e.